The fraction of sp³-hybridized carbons (Fsp3) is 1.00. The molecule has 1 heteroatoms. The maximum atomic E-state index is 2.80. The molecule has 0 aromatic rings. The Balaban J connectivity index is 4.27. The minimum absolute atomic E-state index is 0.864. The van der Waals surface area contributed by atoms with Crippen LogP contribution in [0.2, 0.25) is 0 Å². The molecule has 0 aliphatic rings. The topological polar surface area (TPSA) is 3.24 Å². The van der Waals surface area contributed by atoms with Crippen molar-refractivity contribution >= 4 is 0 Å². The lowest BCUT2D eigenvalue weighted by molar-refractivity contribution is 0.167. The summed E-state index contributed by atoms with van der Waals surface area (Å²) in [7, 11) is 0. The number of hydrogen-bond acceptors (Lipinski definition) is 1. The minimum Gasteiger partial charge on any atom is -0.300 e. The van der Waals surface area contributed by atoms with Gasteiger partial charge in [0.25, 0.3) is 0 Å². The van der Waals surface area contributed by atoms with Crippen LogP contribution in [0.15, 0.2) is 0 Å². The molecule has 0 atom stereocenters. The second kappa shape index (κ2) is 13.4. The average molecular weight is 255 g/mol. The molecule has 0 heterocycles. The second-order valence-electron chi connectivity index (χ2n) is 5.68. The zero-order valence-corrected chi connectivity index (χ0v) is 13.5. The third kappa shape index (κ3) is 8.97. The van der Waals surface area contributed by atoms with Crippen LogP contribution in [0.1, 0.15) is 91.9 Å². The van der Waals surface area contributed by atoms with Crippen LogP contribution in [-0.4, -0.2) is 24.0 Å². The van der Waals surface area contributed by atoms with E-state index in [1.54, 1.807) is 0 Å². The van der Waals surface area contributed by atoms with Gasteiger partial charge in [0.1, 0.15) is 0 Å². The molecule has 0 aromatic heterocycles. The molecule has 0 unspecified atom stereocenters. The van der Waals surface area contributed by atoms with Crippen LogP contribution in [0.25, 0.3) is 0 Å². The number of rotatable bonds is 13. The van der Waals surface area contributed by atoms with Crippen LogP contribution >= 0.6 is 0 Å². The van der Waals surface area contributed by atoms with Crippen molar-refractivity contribution in [2.75, 3.05) is 13.1 Å². The van der Waals surface area contributed by atoms with Gasteiger partial charge in [-0.15, -0.1) is 0 Å². The standard InChI is InChI=1S/C17H37N/c1-5-9-13-17(14-10-6-2)18(15-11-7-3)16-12-8-4/h17H,5-16H2,1-4H3. The lowest BCUT2D eigenvalue weighted by atomic mass is 10.0. The molecule has 110 valence electrons. The van der Waals surface area contributed by atoms with E-state index in [1.807, 2.05) is 0 Å². The van der Waals surface area contributed by atoms with Crippen molar-refractivity contribution in [2.45, 2.75) is 97.9 Å². The molecule has 0 saturated carbocycles. The molecular formula is C17H37N. The van der Waals surface area contributed by atoms with E-state index in [0.717, 1.165) is 6.04 Å². The zero-order valence-electron chi connectivity index (χ0n) is 13.5. The van der Waals surface area contributed by atoms with Gasteiger partial charge < -0.3 is 4.90 Å². The van der Waals surface area contributed by atoms with Crippen molar-refractivity contribution in [1.82, 2.24) is 4.90 Å². The van der Waals surface area contributed by atoms with Gasteiger partial charge in [0.2, 0.25) is 0 Å². The summed E-state index contributed by atoms with van der Waals surface area (Å²) in [6.07, 6.45) is 13.8. The molecule has 0 aliphatic carbocycles. The molecular weight excluding hydrogens is 218 g/mol. The summed E-state index contributed by atoms with van der Waals surface area (Å²) in [5.41, 5.74) is 0. The van der Waals surface area contributed by atoms with Gasteiger partial charge in [-0.25, -0.2) is 0 Å². The first-order valence-electron chi connectivity index (χ1n) is 8.54. The van der Waals surface area contributed by atoms with Gasteiger partial charge in [0.05, 0.1) is 0 Å². The maximum Gasteiger partial charge on any atom is 0.00952 e. The van der Waals surface area contributed by atoms with E-state index in [-0.39, 0.29) is 0 Å². The number of nitrogens with zero attached hydrogens (tertiary/aromatic N) is 1. The lowest BCUT2D eigenvalue weighted by Crippen LogP contribution is -2.37. The summed E-state index contributed by atoms with van der Waals surface area (Å²) < 4.78 is 0. The van der Waals surface area contributed by atoms with Gasteiger partial charge in [0.15, 0.2) is 0 Å². The minimum atomic E-state index is 0.864. The van der Waals surface area contributed by atoms with E-state index >= 15 is 0 Å². The highest BCUT2D eigenvalue weighted by molar-refractivity contribution is 4.72. The van der Waals surface area contributed by atoms with E-state index in [4.69, 9.17) is 0 Å². The summed E-state index contributed by atoms with van der Waals surface area (Å²) in [4.78, 5) is 2.80. The van der Waals surface area contributed by atoms with Crippen molar-refractivity contribution in [3.05, 3.63) is 0 Å². The average Bonchev–Trinajstić information content (AvgIpc) is 2.40. The van der Waals surface area contributed by atoms with E-state index < -0.39 is 0 Å². The van der Waals surface area contributed by atoms with E-state index in [1.165, 1.54) is 77.3 Å². The second-order valence-corrected chi connectivity index (χ2v) is 5.68. The van der Waals surface area contributed by atoms with Crippen LogP contribution in [0, 0.1) is 0 Å². The Hall–Kier alpha value is -0.0400. The molecule has 0 amide bonds. The Bertz CT molecular complexity index is 122. The van der Waals surface area contributed by atoms with Gasteiger partial charge >= 0.3 is 0 Å². The van der Waals surface area contributed by atoms with E-state index in [0.29, 0.717) is 0 Å². The molecule has 0 N–H and O–H groups in total. The number of unbranched alkanes of at least 4 members (excludes halogenated alkanes) is 4. The molecule has 0 saturated heterocycles. The Kier molecular flexibility index (Phi) is 13.4. The Morgan fingerprint density at radius 3 is 1.33 bits per heavy atom. The monoisotopic (exact) mass is 255 g/mol. The summed E-state index contributed by atoms with van der Waals surface area (Å²) in [5, 5.41) is 0. The first kappa shape index (κ1) is 18.0. The third-order valence-electron chi connectivity index (χ3n) is 3.90. The van der Waals surface area contributed by atoms with Gasteiger partial charge in [0, 0.05) is 6.04 Å². The van der Waals surface area contributed by atoms with Crippen molar-refractivity contribution in [3.8, 4) is 0 Å². The van der Waals surface area contributed by atoms with Crippen molar-refractivity contribution in [2.24, 2.45) is 0 Å². The Morgan fingerprint density at radius 2 is 1.00 bits per heavy atom. The maximum absolute atomic E-state index is 2.80. The first-order valence-corrected chi connectivity index (χ1v) is 8.54. The molecule has 1 nitrogen and oxygen atoms in total. The quantitative estimate of drug-likeness (QED) is 0.412. The highest BCUT2D eigenvalue weighted by atomic mass is 15.1. The predicted molar refractivity (Wildman–Crippen MR) is 84.2 cm³/mol. The van der Waals surface area contributed by atoms with Crippen molar-refractivity contribution < 1.29 is 0 Å². The van der Waals surface area contributed by atoms with E-state index in [2.05, 4.69) is 32.6 Å². The van der Waals surface area contributed by atoms with Gasteiger partial charge in [-0.3, -0.25) is 0 Å². The molecule has 0 radical (unpaired) electrons. The summed E-state index contributed by atoms with van der Waals surface area (Å²) in [5.74, 6) is 0. The summed E-state index contributed by atoms with van der Waals surface area (Å²) in [6, 6.07) is 0.864. The van der Waals surface area contributed by atoms with Crippen LogP contribution in [0.5, 0.6) is 0 Å². The summed E-state index contributed by atoms with van der Waals surface area (Å²) in [6.45, 7) is 11.9. The van der Waals surface area contributed by atoms with Crippen LogP contribution < -0.4 is 0 Å². The molecule has 0 aromatic carbocycles. The predicted octanol–water partition coefficient (Wildman–Crippen LogP) is 5.64. The fourth-order valence-corrected chi connectivity index (χ4v) is 2.59. The largest absolute Gasteiger partial charge is 0.300 e. The molecule has 0 bridgehead atoms. The van der Waals surface area contributed by atoms with Crippen molar-refractivity contribution in [1.29, 1.82) is 0 Å². The third-order valence-corrected chi connectivity index (χ3v) is 3.90. The highest BCUT2D eigenvalue weighted by Crippen LogP contribution is 2.17. The molecule has 0 spiro atoms. The molecule has 18 heavy (non-hydrogen) atoms. The first-order chi connectivity index (χ1) is 8.79. The lowest BCUT2D eigenvalue weighted by Gasteiger charge is -2.32. The molecule has 0 rings (SSSR count). The highest BCUT2D eigenvalue weighted by Gasteiger charge is 2.16. The SMILES string of the molecule is CCCCC(CCCC)N(CCCC)CCCC. The zero-order chi connectivity index (χ0) is 13.6. The smallest absolute Gasteiger partial charge is 0.00952 e. The van der Waals surface area contributed by atoms with Gasteiger partial charge in [-0.2, -0.15) is 0 Å². The van der Waals surface area contributed by atoms with Gasteiger partial charge in [-0.1, -0.05) is 66.2 Å². The van der Waals surface area contributed by atoms with Crippen molar-refractivity contribution in [3.63, 3.8) is 0 Å². The Morgan fingerprint density at radius 1 is 0.611 bits per heavy atom. The normalized spacial score (nSPS) is 11.7. The van der Waals surface area contributed by atoms with Crippen LogP contribution in [0.3, 0.4) is 0 Å². The van der Waals surface area contributed by atoms with Crippen LogP contribution in [-0.2, 0) is 0 Å². The molecule has 0 aliphatic heterocycles. The Labute approximate surface area is 116 Å². The van der Waals surface area contributed by atoms with E-state index in [9.17, 15) is 0 Å². The van der Waals surface area contributed by atoms with Gasteiger partial charge in [-0.05, 0) is 38.8 Å². The van der Waals surface area contributed by atoms with Crippen LogP contribution in [0.4, 0.5) is 0 Å². The molecule has 0 fully saturated rings. The summed E-state index contributed by atoms with van der Waals surface area (Å²) >= 11 is 0. The number of hydrogen-bond donors (Lipinski definition) is 0. The fourth-order valence-electron chi connectivity index (χ4n) is 2.59.